The van der Waals surface area contributed by atoms with Gasteiger partial charge in [-0.1, -0.05) is 17.4 Å². The summed E-state index contributed by atoms with van der Waals surface area (Å²) in [5.74, 6) is -0.258. The molecule has 1 N–H and O–H groups in total. The fourth-order valence-corrected chi connectivity index (χ4v) is 3.47. The van der Waals surface area contributed by atoms with E-state index in [9.17, 15) is 8.78 Å². The van der Waals surface area contributed by atoms with Crippen LogP contribution in [0.3, 0.4) is 0 Å². The number of hydrogen-bond acceptors (Lipinski definition) is 5. The molecule has 0 unspecified atom stereocenters. The molecule has 0 spiro atoms. The molecular formula is C15H12F2N4S. The predicted octanol–water partition coefficient (Wildman–Crippen LogP) is 3.27. The van der Waals surface area contributed by atoms with Crippen LogP contribution < -0.4 is 10.2 Å². The maximum atomic E-state index is 13.6. The van der Waals surface area contributed by atoms with Crippen LogP contribution >= 0.6 is 11.3 Å². The lowest BCUT2D eigenvalue weighted by Crippen LogP contribution is -2.55. The van der Waals surface area contributed by atoms with E-state index in [0.29, 0.717) is 9.83 Å². The van der Waals surface area contributed by atoms with Crippen molar-refractivity contribution >= 4 is 32.5 Å². The Kier molecular flexibility index (Phi) is 3.15. The summed E-state index contributed by atoms with van der Waals surface area (Å²) in [4.78, 5) is 10.6. The Bertz CT molecular complexity index is 815. The highest BCUT2D eigenvalue weighted by Crippen LogP contribution is 2.30. The summed E-state index contributed by atoms with van der Waals surface area (Å²) in [7, 11) is 0. The molecule has 2 aromatic heterocycles. The van der Waals surface area contributed by atoms with Crippen LogP contribution in [0, 0.1) is 11.6 Å². The average molecular weight is 318 g/mol. The van der Waals surface area contributed by atoms with Gasteiger partial charge < -0.3 is 10.2 Å². The molecule has 0 radical (unpaired) electrons. The molecule has 4 rings (SSSR count). The number of fused-ring (bicyclic) bond motifs is 1. The minimum Gasteiger partial charge on any atom is -0.355 e. The lowest BCUT2D eigenvalue weighted by molar-refractivity contribution is 0.544. The number of rotatable bonds is 3. The number of aromatic nitrogens is 2. The Hall–Kier alpha value is -2.28. The zero-order chi connectivity index (χ0) is 15.1. The van der Waals surface area contributed by atoms with Crippen LogP contribution in [-0.4, -0.2) is 29.1 Å². The van der Waals surface area contributed by atoms with Gasteiger partial charge >= 0.3 is 0 Å². The van der Waals surface area contributed by atoms with Gasteiger partial charge in [0.15, 0.2) is 10.9 Å². The quantitative estimate of drug-likeness (QED) is 0.805. The van der Waals surface area contributed by atoms with Gasteiger partial charge in [0.05, 0.1) is 10.7 Å². The second-order valence-corrected chi connectivity index (χ2v) is 6.22. The molecule has 0 aliphatic carbocycles. The monoisotopic (exact) mass is 318 g/mol. The number of thiazole rings is 1. The van der Waals surface area contributed by atoms with Crippen LogP contribution in [0.2, 0.25) is 0 Å². The summed E-state index contributed by atoms with van der Waals surface area (Å²) in [6, 6.07) is 8.20. The van der Waals surface area contributed by atoms with E-state index in [0.717, 1.165) is 25.0 Å². The number of benzene rings is 1. The topological polar surface area (TPSA) is 41.1 Å². The first-order valence-electron chi connectivity index (χ1n) is 6.87. The van der Waals surface area contributed by atoms with Crippen LogP contribution in [-0.2, 0) is 0 Å². The van der Waals surface area contributed by atoms with Gasteiger partial charge in [0, 0.05) is 25.4 Å². The Morgan fingerprint density at radius 2 is 2.09 bits per heavy atom. The van der Waals surface area contributed by atoms with Gasteiger partial charge in [-0.15, -0.1) is 0 Å². The van der Waals surface area contributed by atoms with Crippen molar-refractivity contribution in [2.75, 3.05) is 23.3 Å². The molecule has 4 nitrogen and oxygen atoms in total. The third-order valence-electron chi connectivity index (χ3n) is 3.60. The molecule has 0 amide bonds. The third-order valence-corrected chi connectivity index (χ3v) is 4.53. The molecule has 0 saturated carbocycles. The van der Waals surface area contributed by atoms with Gasteiger partial charge in [-0.05, 0) is 18.2 Å². The van der Waals surface area contributed by atoms with E-state index in [-0.39, 0.29) is 11.6 Å². The molecule has 1 aliphatic rings. The largest absolute Gasteiger partial charge is 0.355 e. The van der Waals surface area contributed by atoms with E-state index < -0.39 is 11.6 Å². The van der Waals surface area contributed by atoms with Gasteiger partial charge in [0.25, 0.3) is 0 Å². The van der Waals surface area contributed by atoms with Gasteiger partial charge in [0.1, 0.15) is 17.2 Å². The molecule has 22 heavy (non-hydrogen) atoms. The van der Waals surface area contributed by atoms with E-state index >= 15 is 0 Å². The molecule has 1 saturated heterocycles. The molecule has 112 valence electrons. The first-order chi connectivity index (χ1) is 10.7. The van der Waals surface area contributed by atoms with E-state index in [2.05, 4.69) is 20.2 Å². The van der Waals surface area contributed by atoms with Gasteiger partial charge in [0.2, 0.25) is 0 Å². The lowest BCUT2D eigenvalue weighted by atomic mass is 10.1. The first-order valence-corrected chi connectivity index (χ1v) is 7.69. The van der Waals surface area contributed by atoms with Crippen LogP contribution in [0.1, 0.15) is 0 Å². The van der Waals surface area contributed by atoms with Crippen molar-refractivity contribution in [2.45, 2.75) is 6.04 Å². The average Bonchev–Trinajstić information content (AvgIpc) is 2.86. The van der Waals surface area contributed by atoms with Crippen molar-refractivity contribution in [1.82, 2.24) is 9.97 Å². The van der Waals surface area contributed by atoms with Crippen LogP contribution in [0.15, 0.2) is 36.5 Å². The summed E-state index contributed by atoms with van der Waals surface area (Å²) < 4.78 is 27.3. The number of nitrogens with zero attached hydrogens (tertiary/aromatic N) is 3. The second-order valence-electron chi connectivity index (χ2n) is 5.19. The van der Waals surface area contributed by atoms with Crippen molar-refractivity contribution in [3.8, 4) is 0 Å². The zero-order valence-corrected chi connectivity index (χ0v) is 12.3. The van der Waals surface area contributed by atoms with E-state index in [1.165, 1.54) is 17.4 Å². The highest BCUT2D eigenvalue weighted by atomic mass is 32.1. The Balaban J connectivity index is 1.46. The normalized spacial score (nSPS) is 15.1. The molecule has 0 bridgehead atoms. The minimum atomic E-state index is -0.622. The lowest BCUT2D eigenvalue weighted by Gasteiger charge is -2.40. The maximum absolute atomic E-state index is 13.6. The standard InChI is InChI=1S/C15H12F2N4S/c16-9-5-11(17)14-12(6-9)22-15(20-14)19-10-7-21(8-10)13-3-1-2-4-18-13/h1-6,10H,7-8H2,(H,19,20). The highest BCUT2D eigenvalue weighted by molar-refractivity contribution is 7.22. The van der Waals surface area contributed by atoms with Crippen LogP contribution in [0.5, 0.6) is 0 Å². The Morgan fingerprint density at radius 1 is 1.23 bits per heavy atom. The molecular weight excluding hydrogens is 306 g/mol. The molecule has 3 aromatic rings. The van der Waals surface area contributed by atoms with Gasteiger partial charge in [-0.2, -0.15) is 0 Å². The van der Waals surface area contributed by atoms with Crippen molar-refractivity contribution in [1.29, 1.82) is 0 Å². The molecule has 1 aliphatic heterocycles. The van der Waals surface area contributed by atoms with E-state index in [4.69, 9.17) is 0 Å². The smallest absolute Gasteiger partial charge is 0.184 e. The Labute approximate surface area is 129 Å². The Morgan fingerprint density at radius 3 is 2.86 bits per heavy atom. The molecule has 0 atom stereocenters. The summed E-state index contributed by atoms with van der Waals surface area (Å²) in [5, 5.41) is 3.88. The number of anilines is 2. The summed E-state index contributed by atoms with van der Waals surface area (Å²) in [5.41, 5.74) is 0.217. The molecule has 3 heterocycles. The van der Waals surface area contributed by atoms with Crippen molar-refractivity contribution in [3.05, 3.63) is 48.2 Å². The summed E-state index contributed by atoms with van der Waals surface area (Å²) >= 11 is 1.26. The molecule has 1 aromatic carbocycles. The number of pyridine rings is 1. The molecule has 1 fully saturated rings. The minimum absolute atomic E-state index is 0.217. The fraction of sp³-hybridized carbons (Fsp3) is 0.200. The number of halogens is 2. The van der Waals surface area contributed by atoms with E-state index in [1.807, 2.05) is 18.2 Å². The number of hydrogen-bond donors (Lipinski definition) is 1. The SMILES string of the molecule is Fc1cc(F)c2nc(NC3CN(c4ccccn4)C3)sc2c1. The van der Waals surface area contributed by atoms with Crippen molar-refractivity contribution < 1.29 is 8.78 Å². The van der Waals surface area contributed by atoms with Gasteiger partial charge in [-0.25, -0.2) is 18.7 Å². The van der Waals surface area contributed by atoms with Gasteiger partial charge in [-0.3, -0.25) is 0 Å². The van der Waals surface area contributed by atoms with Crippen LogP contribution in [0.4, 0.5) is 19.7 Å². The van der Waals surface area contributed by atoms with Crippen LogP contribution in [0.25, 0.3) is 10.2 Å². The summed E-state index contributed by atoms with van der Waals surface area (Å²) in [6.45, 7) is 1.62. The predicted molar refractivity (Wildman–Crippen MR) is 83.4 cm³/mol. The van der Waals surface area contributed by atoms with Crippen molar-refractivity contribution in [2.24, 2.45) is 0 Å². The summed E-state index contributed by atoms with van der Waals surface area (Å²) in [6.07, 6.45) is 1.76. The van der Waals surface area contributed by atoms with Crippen molar-refractivity contribution in [3.63, 3.8) is 0 Å². The maximum Gasteiger partial charge on any atom is 0.184 e. The fourth-order valence-electron chi connectivity index (χ4n) is 2.49. The first kappa shape index (κ1) is 13.4. The number of nitrogens with one attached hydrogen (secondary N) is 1. The second kappa shape index (κ2) is 5.17. The van der Waals surface area contributed by atoms with E-state index in [1.54, 1.807) is 6.20 Å². The molecule has 7 heteroatoms. The highest BCUT2D eigenvalue weighted by Gasteiger charge is 2.28. The zero-order valence-electron chi connectivity index (χ0n) is 11.5. The third kappa shape index (κ3) is 2.37.